The van der Waals surface area contributed by atoms with Crippen LogP contribution in [0.3, 0.4) is 0 Å². The van der Waals surface area contributed by atoms with Crippen LogP contribution >= 0.6 is 0 Å². The number of fused-ring (bicyclic) bond motifs is 1. The predicted molar refractivity (Wildman–Crippen MR) is 105 cm³/mol. The molecule has 1 amide bonds. The normalized spacial score (nSPS) is 30.0. The predicted octanol–water partition coefficient (Wildman–Crippen LogP) is 2.81. The third kappa shape index (κ3) is 3.96. The van der Waals surface area contributed by atoms with Crippen LogP contribution in [-0.4, -0.2) is 54.0 Å². The summed E-state index contributed by atoms with van der Waals surface area (Å²) in [5.74, 6) is 0.958. The lowest BCUT2D eigenvalue weighted by Crippen LogP contribution is -2.53. The first-order valence-electron chi connectivity index (χ1n) is 10.5. The second kappa shape index (κ2) is 8.10. The van der Waals surface area contributed by atoms with Crippen molar-refractivity contribution in [3.8, 4) is 0 Å². The Kier molecular flexibility index (Phi) is 5.60. The van der Waals surface area contributed by atoms with Crippen LogP contribution < -0.4 is 5.32 Å². The minimum absolute atomic E-state index is 0.0439. The fourth-order valence-electron chi connectivity index (χ4n) is 5.02. The molecule has 0 aromatic heterocycles. The van der Waals surface area contributed by atoms with Crippen molar-refractivity contribution < 1.29 is 4.79 Å². The summed E-state index contributed by atoms with van der Waals surface area (Å²) in [6.07, 6.45) is 7.31. The molecule has 0 aliphatic carbocycles. The average Bonchev–Trinajstić information content (AvgIpc) is 2.69. The van der Waals surface area contributed by atoms with Crippen LogP contribution in [0.4, 0.5) is 0 Å². The Hall–Kier alpha value is -1.39. The topological polar surface area (TPSA) is 35.6 Å². The highest BCUT2D eigenvalue weighted by Crippen LogP contribution is 2.24. The highest BCUT2D eigenvalue weighted by molar-refractivity contribution is 5.82. The Morgan fingerprint density at radius 3 is 2.81 bits per heavy atom. The SMILES string of the molecule is C[C@@H]1CCCCN1C[C@H]1CCCN(C(=O)[C@@H]2Cc3ccccc3CN2)C1. The van der Waals surface area contributed by atoms with Gasteiger partial charge in [-0.1, -0.05) is 30.7 Å². The second-order valence-electron chi connectivity index (χ2n) is 8.54. The van der Waals surface area contributed by atoms with Crippen molar-refractivity contribution in [2.75, 3.05) is 26.2 Å². The zero-order valence-electron chi connectivity index (χ0n) is 16.1. The van der Waals surface area contributed by atoms with E-state index in [1.807, 2.05) is 0 Å². The Bertz CT molecular complexity index is 632. The summed E-state index contributed by atoms with van der Waals surface area (Å²) in [5, 5.41) is 3.47. The number of rotatable bonds is 3. The lowest BCUT2D eigenvalue weighted by Gasteiger charge is -2.40. The Morgan fingerprint density at radius 1 is 1.12 bits per heavy atom. The van der Waals surface area contributed by atoms with Crippen LogP contribution in [0.5, 0.6) is 0 Å². The maximum Gasteiger partial charge on any atom is 0.240 e. The number of likely N-dealkylation sites (tertiary alicyclic amines) is 2. The molecule has 3 heterocycles. The molecule has 0 spiro atoms. The number of nitrogens with one attached hydrogen (secondary N) is 1. The van der Waals surface area contributed by atoms with E-state index in [0.29, 0.717) is 17.9 Å². The zero-order chi connectivity index (χ0) is 17.9. The Labute approximate surface area is 157 Å². The highest BCUT2D eigenvalue weighted by Gasteiger charge is 2.32. The first-order chi connectivity index (χ1) is 12.7. The highest BCUT2D eigenvalue weighted by atomic mass is 16.2. The number of hydrogen-bond donors (Lipinski definition) is 1. The van der Waals surface area contributed by atoms with Crippen molar-refractivity contribution in [2.24, 2.45) is 5.92 Å². The molecule has 0 unspecified atom stereocenters. The molecule has 0 saturated carbocycles. The number of piperidine rings is 2. The van der Waals surface area contributed by atoms with E-state index < -0.39 is 0 Å². The van der Waals surface area contributed by atoms with E-state index >= 15 is 0 Å². The van der Waals surface area contributed by atoms with Gasteiger partial charge in [-0.25, -0.2) is 0 Å². The quantitative estimate of drug-likeness (QED) is 0.906. The molecule has 4 nitrogen and oxygen atoms in total. The molecule has 4 rings (SSSR count). The number of nitrogens with zero attached hydrogens (tertiary/aromatic N) is 2. The molecule has 0 bridgehead atoms. The average molecular weight is 356 g/mol. The molecule has 3 aliphatic heterocycles. The molecule has 3 atom stereocenters. The molecule has 2 fully saturated rings. The summed E-state index contributed by atoms with van der Waals surface area (Å²) in [6, 6.07) is 9.18. The summed E-state index contributed by atoms with van der Waals surface area (Å²) in [5.41, 5.74) is 2.67. The molecule has 4 heteroatoms. The Balaban J connectivity index is 1.35. The van der Waals surface area contributed by atoms with Gasteiger partial charge in [-0.15, -0.1) is 0 Å². The van der Waals surface area contributed by atoms with Gasteiger partial charge in [0.1, 0.15) is 0 Å². The van der Waals surface area contributed by atoms with Gasteiger partial charge >= 0.3 is 0 Å². The molecular weight excluding hydrogens is 322 g/mol. The van der Waals surface area contributed by atoms with E-state index in [1.54, 1.807) is 0 Å². The second-order valence-corrected chi connectivity index (χ2v) is 8.54. The first-order valence-corrected chi connectivity index (χ1v) is 10.5. The van der Waals surface area contributed by atoms with E-state index in [1.165, 1.54) is 49.9 Å². The smallest absolute Gasteiger partial charge is 0.240 e. The molecule has 142 valence electrons. The van der Waals surface area contributed by atoms with E-state index in [2.05, 4.69) is 46.3 Å². The Morgan fingerprint density at radius 2 is 1.96 bits per heavy atom. The molecule has 2 saturated heterocycles. The van der Waals surface area contributed by atoms with Gasteiger partial charge in [0.05, 0.1) is 6.04 Å². The molecule has 1 aromatic carbocycles. The van der Waals surface area contributed by atoms with Crippen LogP contribution in [0.15, 0.2) is 24.3 Å². The molecule has 0 radical (unpaired) electrons. The summed E-state index contributed by atoms with van der Waals surface area (Å²) in [4.78, 5) is 17.9. The van der Waals surface area contributed by atoms with Crippen molar-refractivity contribution in [1.29, 1.82) is 0 Å². The van der Waals surface area contributed by atoms with Crippen molar-refractivity contribution in [2.45, 2.75) is 64.1 Å². The van der Waals surface area contributed by atoms with Crippen LogP contribution in [0, 0.1) is 5.92 Å². The number of hydrogen-bond acceptors (Lipinski definition) is 3. The fourth-order valence-corrected chi connectivity index (χ4v) is 5.02. The molecule has 1 N–H and O–H groups in total. The monoisotopic (exact) mass is 355 g/mol. The molecular formula is C22H33N3O. The van der Waals surface area contributed by atoms with Crippen molar-refractivity contribution in [3.63, 3.8) is 0 Å². The standard InChI is InChI=1S/C22H33N3O/c1-17-7-4-5-11-24(17)15-18-8-6-12-25(16-18)22(26)21-13-19-9-2-3-10-20(19)14-23-21/h2-3,9-10,17-18,21,23H,4-8,11-16H2,1H3/t17-,18-,21+/m1/s1. The van der Waals surface area contributed by atoms with E-state index in [4.69, 9.17) is 0 Å². The van der Waals surface area contributed by atoms with Gasteiger partial charge in [-0.2, -0.15) is 0 Å². The van der Waals surface area contributed by atoms with Crippen LogP contribution in [0.25, 0.3) is 0 Å². The van der Waals surface area contributed by atoms with Gasteiger partial charge in [0, 0.05) is 32.2 Å². The maximum absolute atomic E-state index is 13.1. The summed E-state index contributed by atoms with van der Waals surface area (Å²) in [7, 11) is 0. The van der Waals surface area contributed by atoms with Gasteiger partial charge in [0.2, 0.25) is 5.91 Å². The number of carbonyl (C=O) groups is 1. The lowest BCUT2D eigenvalue weighted by molar-refractivity contribution is -0.135. The number of carbonyl (C=O) groups excluding carboxylic acids is 1. The summed E-state index contributed by atoms with van der Waals surface area (Å²) >= 11 is 0. The van der Waals surface area contributed by atoms with Crippen LogP contribution in [0.1, 0.15) is 50.2 Å². The van der Waals surface area contributed by atoms with Crippen LogP contribution in [-0.2, 0) is 17.8 Å². The third-order valence-corrected chi connectivity index (χ3v) is 6.64. The maximum atomic E-state index is 13.1. The minimum atomic E-state index is -0.0439. The van der Waals surface area contributed by atoms with E-state index in [9.17, 15) is 4.79 Å². The summed E-state index contributed by atoms with van der Waals surface area (Å²) < 4.78 is 0. The fraction of sp³-hybridized carbons (Fsp3) is 0.682. The first kappa shape index (κ1) is 18.0. The van der Waals surface area contributed by atoms with Crippen molar-refractivity contribution in [3.05, 3.63) is 35.4 Å². The van der Waals surface area contributed by atoms with E-state index in [-0.39, 0.29) is 6.04 Å². The van der Waals surface area contributed by atoms with Gasteiger partial charge < -0.3 is 15.1 Å². The van der Waals surface area contributed by atoms with E-state index in [0.717, 1.165) is 32.5 Å². The minimum Gasteiger partial charge on any atom is -0.341 e. The van der Waals surface area contributed by atoms with Gasteiger partial charge in [0.25, 0.3) is 0 Å². The van der Waals surface area contributed by atoms with Gasteiger partial charge in [-0.05, 0) is 62.6 Å². The number of amides is 1. The number of benzene rings is 1. The van der Waals surface area contributed by atoms with Gasteiger partial charge in [-0.3, -0.25) is 4.79 Å². The zero-order valence-corrected chi connectivity index (χ0v) is 16.1. The van der Waals surface area contributed by atoms with Gasteiger partial charge in [0.15, 0.2) is 0 Å². The molecule has 1 aromatic rings. The summed E-state index contributed by atoms with van der Waals surface area (Å²) in [6.45, 7) is 7.48. The lowest BCUT2D eigenvalue weighted by atomic mass is 9.92. The largest absolute Gasteiger partial charge is 0.341 e. The van der Waals surface area contributed by atoms with Crippen molar-refractivity contribution in [1.82, 2.24) is 15.1 Å². The third-order valence-electron chi connectivity index (χ3n) is 6.64. The van der Waals surface area contributed by atoms with Crippen molar-refractivity contribution >= 4 is 5.91 Å². The van der Waals surface area contributed by atoms with Crippen LogP contribution in [0.2, 0.25) is 0 Å². The molecule has 26 heavy (non-hydrogen) atoms. The molecule has 3 aliphatic rings.